The molecule has 0 aliphatic heterocycles. The molecule has 1 heterocycles. The molecule has 1 unspecified atom stereocenters. The van der Waals surface area contributed by atoms with Crippen LogP contribution in [0.2, 0.25) is 0 Å². The Balaban J connectivity index is 2.28. The fourth-order valence-electron chi connectivity index (χ4n) is 2.22. The van der Waals surface area contributed by atoms with Crippen molar-refractivity contribution in [2.24, 2.45) is 0 Å². The molecule has 25 heavy (non-hydrogen) atoms. The minimum atomic E-state index is -0.496. The summed E-state index contributed by atoms with van der Waals surface area (Å²) in [6, 6.07) is 4.20. The molecule has 1 aromatic carbocycles. The molecule has 0 bridgehead atoms. The lowest BCUT2D eigenvalue weighted by molar-refractivity contribution is -0.384. The summed E-state index contributed by atoms with van der Waals surface area (Å²) in [4.78, 5) is 27.2. The fraction of sp³-hybridized carbons (Fsp3) is 0.412. The third-order valence-electron chi connectivity index (χ3n) is 3.72. The second-order valence-corrected chi connectivity index (χ2v) is 7.64. The highest BCUT2D eigenvalue weighted by Gasteiger charge is 2.22. The van der Waals surface area contributed by atoms with Crippen LogP contribution in [0.25, 0.3) is 0 Å². The molecule has 0 saturated carbocycles. The maximum atomic E-state index is 11.7. The molecule has 2 aromatic rings. The Bertz CT molecular complexity index is 795. The van der Waals surface area contributed by atoms with E-state index in [1.165, 1.54) is 24.5 Å². The molecule has 7 nitrogen and oxygen atoms in total. The number of thiazole rings is 1. The van der Waals surface area contributed by atoms with Crippen LogP contribution >= 0.6 is 11.3 Å². The monoisotopic (exact) mass is 362 g/mol. The number of nitro groups is 1. The van der Waals surface area contributed by atoms with Crippen LogP contribution in [0.4, 0.5) is 11.4 Å². The Hall–Kier alpha value is -2.48. The highest BCUT2D eigenvalue weighted by atomic mass is 32.1. The number of aromatic nitrogens is 1. The van der Waals surface area contributed by atoms with Gasteiger partial charge in [0, 0.05) is 29.5 Å². The molecule has 134 valence electrons. The van der Waals surface area contributed by atoms with Crippen LogP contribution in [0.15, 0.2) is 23.6 Å². The minimum absolute atomic E-state index is 0.0460. The van der Waals surface area contributed by atoms with Gasteiger partial charge in [0.2, 0.25) is 0 Å². The topological polar surface area (TPSA) is 97.2 Å². The number of rotatable bonds is 5. The van der Waals surface area contributed by atoms with Crippen molar-refractivity contribution in [3.63, 3.8) is 0 Å². The summed E-state index contributed by atoms with van der Waals surface area (Å²) in [6.45, 7) is 8.17. The molecular formula is C17H22N4O3S. The van der Waals surface area contributed by atoms with Gasteiger partial charge in [-0.2, -0.15) is 0 Å². The van der Waals surface area contributed by atoms with Crippen LogP contribution in [0.3, 0.4) is 0 Å². The van der Waals surface area contributed by atoms with E-state index in [1.54, 1.807) is 12.1 Å². The van der Waals surface area contributed by atoms with Gasteiger partial charge in [-0.05, 0) is 19.1 Å². The molecule has 0 spiro atoms. The van der Waals surface area contributed by atoms with Gasteiger partial charge in [-0.3, -0.25) is 14.9 Å². The molecule has 0 aliphatic rings. The zero-order chi connectivity index (χ0) is 18.8. The van der Waals surface area contributed by atoms with E-state index in [4.69, 9.17) is 0 Å². The molecule has 0 radical (unpaired) electrons. The number of amides is 1. The lowest BCUT2D eigenvalue weighted by atomic mass is 9.93. The molecule has 0 aliphatic carbocycles. The normalized spacial score (nSPS) is 12.5. The largest absolute Gasteiger partial charge is 0.371 e. The van der Waals surface area contributed by atoms with Crippen molar-refractivity contribution < 1.29 is 9.72 Å². The summed E-state index contributed by atoms with van der Waals surface area (Å²) in [5.41, 5.74) is 1.41. The molecule has 8 heteroatoms. The van der Waals surface area contributed by atoms with Crippen LogP contribution < -0.4 is 10.6 Å². The molecule has 2 rings (SSSR count). The predicted octanol–water partition coefficient (Wildman–Crippen LogP) is 3.88. The maximum Gasteiger partial charge on any atom is 0.293 e. The molecule has 1 atom stereocenters. The lowest BCUT2D eigenvalue weighted by Gasteiger charge is -2.16. The Morgan fingerprint density at radius 2 is 2.04 bits per heavy atom. The summed E-state index contributed by atoms with van der Waals surface area (Å²) in [5.74, 6) is -0.363. The number of nitrogens with one attached hydrogen (secondary N) is 2. The van der Waals surface area contributed by atoms with Gasteiger partial charge in [0.05, 0.1) is 16.7 Å². The van der Waals surface area contributed by atoms with E-state index >= 15 is 0 Å². The number of hydrogen-bond donors (Lipinski definition) is 2. The fourth-order valence-corrected chi connectivity index (χ4v) is 3.27. The number of carbonyl (C=O) groups is 1. The van der Waals surface area contributed by atoms with Gasteiger partial charge in [0.1, 0.15) is 10.7 Å². The van der Waals surface area contributed by atoms with E-state index in [0.717, 1.165) is 10.7 Å². The van der Waals surface area contributed by atoms with Gasteiger partial charge in [0.25, 0.3) is 11.6 Å². The first-order valence-corrected chi connectivity index (χ1v) is 8.74. The predicted molar refractivity (Wildman–Crippen MR) is 99.3 cm³/mol. The van der Waals surface area contributed by atoms with Gasteiger partial charge in [-0.15, -0.1) is 11.3 Å². The maximum absolute atomic E-state index is 11.7. The van der Waals surface area contributed by atoms with Crippen molar-refractivity contribution in [1.29, 1.82) is 0 Å². The van der Waals surface area contributed by atoms with Crippen LogP contribution in [0.5, 0.6) is 0 Å². The van der Waals surface area contributed by atoms with Crippen molar-refractivity contribution in [3.8, 4) is 0 Å². The zero-order valence-corrected chi connectivity index (χ0v) is 15.7. The Kier molecular flexibility index (Phi) is 5.42. The SMILES string of the molecule is CNC(=O)c1ccc(NC(C)c2nc(C(C)(C)C)cs2)c([N+](=O)[O-])c1. The summed E-state index contributed by atoms with van der Waals surface area (Å²) >= 11 is 1.52. The molecule has 2 N–H and O–H groups in total. The molecule has 0 fully saturated rings. The second kappa shape index (κ2) is 7.18. The highest BCUT2D eigenvalue weighted by Crippen LogP contribution is 2.32. The zero-order valence-electron chi connectivity index (χ0n) is 14.9. The number of carbonyl (C=O) groups excluding carboxylic acids is 1. The molecule has 1 amide bonds. The third-order valence-corrected chi connectivity index (χ3v) is 4.74. The number of benzene rings is 1. The summed E-state index contributed by atoms with van der Waals surface area (Å²) in [6.07, 6.45) is 0. The van der Waals surface area contributed by atoms with E-state index in [1.807, 2.05) is 12.3 Å². The van der Waals surface area contributed by atoms with E-state index in [0.29, 0.717) is 5.69 Å². The standard InChI is InChI=1S/C17H22N4O3S/c1-10(16-20-14(9-25-16)17(2,3)4)19-12-7-6-11(15(22)18-5)8-13(12)21(23)24/h6-10,19H,1-5H3,(H,18,22). The minimum Gasteiger partial charge on any atom is -0.371 e. The Labute approximate surface area is 150 Å². The van der Waals surface area contributed by atoms with Crippen LogP contribution in [0, 0.1) is 10.1 Å². The highest BCUT2D eigenvalue weighted by molar-refractivity contribution is 7.09. The lowest BCUT2D eigenvalue weighted by Crippen LogP contribution is -2.18. The van der Waals surface area contributed by atoms with Crippen molar-refractivity contribution in [2.75, 3.05) is 12.4 Å². The number of nitrogens with zero attached hydrogens (tertiary/aromatic N) is 2. The van der Waals surface area contributed by atoms with Gasteiger partial charge in [-0.25, -0.2) is 4.98 Å². The average Bonchev–Trinajstić information content (AvgIpc) is 3.04. The Morgan fingerprint density at radius 1 is 1.36 bits per heavy atom. The Morgan fingerprint density at radius 3 is 2.56 bits per heavy atom. The summed E-state index contributed by atoms with van der Waals surface area (Å²) in [5, 5.41) is 19.8. The summed E-state index contributed by atoms with van der Waals surface area (Å²) in [7, 11) is 1.48. The number of hydrogen-bond acceptors (Lipinski definition) is 6. The van der Waals surface area contributed by atoms with E-state index < -0.39 is 4.92 Å². The average molecular weight is 362 g/mol. The van der Waals surface area contributed by atoms with Crippen molar-refractivity contribution in [3.05, 3.63) is 50.0 Å². The van der Waals surface area contributed by atoms with Crippen LogP contribution in [-0.4, -0.2) is 22.9 Å². The van der Waals surface area contributed by atoms with E-state index in [2.05, 4.69) is 36.4 Å². The number of anilines is 1. The quantitative estimate of drug-likeness (QED) is 0.621. The van der Waals surface area contributed by atoms with Crippen molar-refractivity contribution in [2.45, 2.75) is 39.2 Å². The van der Waals surface area contributed by atoms with E-state index in [9.17, 15) is 14.9 Å². The molecule has 1 aromatic heterocycles. The first-order valence-electron chi connectivity index (χ1n) is 7.86. The van der Waals surface area contributed by atoms with E-state index in [-0.39, 0.29) is 28.6 Å². The van der Waals surface area contributed by atoms with Gasteiger partial charge >= 0.3 is 0 Å². The first-order chi connectivity index (χ1) is 11.6. The molecule has 0 saturated heterocycles. The van der Waals surface area contributed by atoms with Crippen molar-refractivity contribution >= 4 is 28.6 Å². The molecular weight excluding hydrogens is 340 g/mol. The summed E-state index contributed by atoms with van der Waals surface area (Å²) < 4.78 is 0. The van der Waals surface area contributed by atoms with Crippen LogP contribution in [0.1, 0.15) is 54.8 Å². The third kappa shape index (κ3) is 4.33. The van der Waals surface area contributed by atoms with Gasteiger partial charge in [0.15, 0.2) is 0 Å². The van der Waals surface area contributed by atoms with Crippen molar-refractivity contribution in [1.82, 2.24) is 10.3 Å². The number of nitro benzene ring substituents is 1. The van der Waals surface area contributed by atoms with Gasteiger partial charge in [-0.1, -0.05) is 20.8 Å². The van der Waals surface area contributed by atoms with Crippen LogP contribution in [-0.2, 0) is 5.41 Å². The van der Waals surface area contributed by atoms with Gasteiger partial charge < -0.3 is 10.6 Å². The first kappa shape index (κ1) is 18.9. The smallest absolute Gasteiger partial charge is 0.293 e. The second-order valence-electron chi connectivity index (χ2n) is 6.76.